The average Bonchev–Trinajstić information content (AvgIpc) is 3.60. The standard InChI is InChI=1S/C25H22F3N5O3/c1-3-32-11-19(23(31-32)25(26,27)28)17-8-14(12-34)9-18-21(17)30-13-33(24(18)35)22(15-4-5-15)20-10-16(36-2)6-7-29-20/h6-13,15,22H,3-5H2,1-2H3. The van der Waals surface area contributed by atoms with Crippen molar-refractivity contribution >= 4 is 17.2 Å². The molecule has 11 heteroatoms. The molecule has 0 radical (unpaired) electrons. The summed E-state index contributed by atoms with van der Waals surface area (Å²) in [4.78, 5) is 34.3. The Hall–Kier alpha value is -4.02. The fourth-order valence-electron chi connectivity index (χ4n) is 4.47. The molecule has 1 aliphatic carbocycles. The van der Waals surface area contributed by atoms with Crippen LogP contribution >= 0.6 is 0 Å². The number of carbonyl (C=O) groups excluding carboxylic acids is 1. The fraction of sp³-hybridized carbons (Fsp3) is 0.320. The molecule has 5 rings (SSSR count). The Bertz CT molecular complexity index is 1520. The van der Waals surface area contributed by atoms with E-state index in [0.717, 1.165) is 17.5 Å². The Labute approximate surface area is 203 Å². The number of hydrogen-bond acceptors (Lipinski definition) is 6. The molecule has 1 fully saturated rings. The SMILES string of the molecule is CCn1cc(-c2cc(C=O)cc3c(=O)n(C(c4cc(OC)ccn4)C4CC4)cnc23)c(C(F)(F)F)n1. The van der Waals surface area contributed by atoms with E-state index in [2.05, 4.69) is 15.1 Å². The van der Waals surface area contributed by atoms with Crippen LogP contribution in [0.25, 0.3) is 22.0 Å². The molecule has 0 bridgehead atoms. The van der Waals surface area contributed by atoms with Crippen molar-refractivity contribution in [2.45, 2.75) is 38.5 Å². The first-order chi connectivity index (χ1) is 17.2. The Morgan fingerprint density at radius 3 is 2.61 bits per heavy atom. The lowest BCUT2D eigenvalue weighted by Gasteiger charge is -2.20. The van der Waals surface area contributed by atoms with E-state index < -0.39 is 23.5 Å². The maximum absolute atomic E-state index is 13.8. The smallest absolute Gasteiger partial charge is 0.435 e. The van der Waals surface area contributed by atoms with Gasteiger partial charge in [0, 0.05) is 41.7 Å². The van der Waals surface area contributed by atoms with E-state index in [1.54, 1.807) is 25.3 Å². The van der Waals surface area contributed by atoms with Gasteiger partial charge in [0.1, 0.15) is 12.0 Å². The third kappa shape index (κ3) is 4.14. The number of pyridine rings is 1. The molecule has 1 unspecified atom stereocenters. The summed E-state index contributed by atoms with van der Waals surface area (Å²) in [7, 11) is 1.54. The molecule has 8 nitrogen and oxygen atoms in total. The van der Waals surface area contributed by atoms with Crippen molar-refractivity contribution in [3.63, 3.8) is 0 Å². The lowest BCUT2D eigenvalue weighted by Crippen LogP contribution is -2.28. The van der Waals surface area contributed by atoms with Crippen LogP contribution in [0.3, 0.4) is 0 Å². The summed E-state index contributed by atoms with van der Waals surface area (Å²) in [6, 6.07) is 5.69. The van der Waals surface area contributed by atoms with Crippen LogP contribution in [-0.2, 0) is 12.7 Å². The number of fused-ring (bicyclic) bond motifs is 1. The predicted octanol–water partition coefficient (Wildman–Crippen LogP) is 4.51. The first-order valence-electron chi connectivity index (χ1n) is 11.4. The first kappa shape index (κ1) is 23.7. The Kier molecular flexibility index (Phi) is 5.85. The normalized spacial score (nSPS) is 14.7. The minimum atomic E-state index is -4.73. The van der Waals surface area contributed by atoms with Gasteiger partial charge in [-0.05, 0) is 43.9 Å². The van der Waals surface area contributed by atoms with Crippen LogP contribution in [0.5, 0.6) is 5.75 Å². The van der Waals surface area contributed by atoms with E-state index in [4.69, 9.17) is 4.74 Å². The molecule has 0 aliphatic heterocycles. The monoisotopic (exact) mass is 497 g/mol. The molecule has 1 atom stereocenters. The number of carbonyl (C=O) groups is 1. The fourth-order valence-corrected chi connectivity index (χ4v) is 4.47. The molecular weight excluding hydrogens is 475 g/mol. The molecule has 0 N–H and O–H groups in total. The number of nitrogens with zero attached hydrogens (tertiary/aromatic N) is 5. The summed E-state index contributed by atoms with van der Waals surface area (Å²) in [5.74, 6) is 0.737. The molecule has 0 amide bonds. The van der Waals surface area contributed by atoms with Crippen LogP contribution in [0.4, 0.5) is 13.2 Å². The number of rotatable bonds is 7. The van der Waals surface area contributed by atoms with Gasteiger partial charge in [0.15, 0.2) is 5.69 Å². The number of hydrogen-bond donors (Lipinski definition) is 0. The van der Waals surface area contributed by atoms with Crippen molar-refractivity contribution in [2.24, 2.45) is 5.92 Å². The quantitative estimate of drug-likeness (QED) is 0.349. The second kappa shape index (κ2) is 8.89. The van der Waals surface area contributed by atoms with Gasteiger partial charge < -0.3 is 4.74 Å². The van der Waals surface area contributed by atoms with E-state index in [-0.39, 0.29) is 40.1 Å². The largest absolute Gasteiger partial charge is 0.497 e. The number of methoxy groups -OCH3 is 1. The van der Waals surface area contributed by atoms with Gasteiger partial charge in [-0.25, -0.2) is 4.98 Å². The number of ether oxygens (including phenoxy) is 1. The van der Waals surface area contributed by atoms with Gasteiger partial charge in [0.2, 0.25) is 0 Å². The van der Waals surface area contributed by atoms with E-state index in [9.17, 15) is 22.8 Å². The number of alkyl halides is 3. The zero-order valence-corrected chi connectivity index (χ0v) is 19.5. The van der Waals surface area contributed by atoms with Gasteiger partial charge in [-0.2, -0.15) is 18.3 Å². The Balaban J connectivity index is 1.74. The summed E-state index contributed by atoms with van der Waals surface area (Å²) >= 11 is 0. The second-order valence-electron chi connectivity index (χ2n) is 8.69. The maximum Gasteiger partial charge on any atom is 0.435 e. The highest BCUT2D eigenvalue weighted by Gasteiger charge is 2.39. The Morgan fingerprint density at radius 1 is 1.19 bits per heavy atom. The number of aryl methyl sites for hydroxylation is 1. The van der Waals surface area contributed by atoms with Gasteiger partial charge in [-0.15, -0.1) is 0 Å². The number of aromatic nitrogens is 5. The molecular formula is C25H22F3N5O3. The van der Waals surface area contributed by atoms with Crippen molar-refractivity contribution < 1.29 is 22.7 Å². The van der Waals surface area contributed by atoms with Crippen molar-refractivity contribution in [1.82, 2.24) is 24.3 Å². The van der Waals surface area contributed by atoms with E-state index in [1.165, 1.54) is 36.3 Å². The summed E-state index contributed by atoms with van der Waals surface area (Å²) in [5.41, 5.74) is -1.04. The molecule has 3 heterocycles. The lowest BCUT2D eigenvalue weighted by atomic mass is 9.99. The zero-order valence-electron chi connectivity index (χ0n) is 19.5. The van der Waals surface area contributed by atoms with Crippen LogP contribution in [0.2, 0.25) is 0 Å². The molecule has 0 saturated heterocycles. The molecule has 1 saturated carbocycles. The van der Waals surface area contributed by atoms with Crippen LogP contribution < -0.4 is 10.3 Å². The Morgan fingerprint density at radius 2 is 1.97 bits per heavy atom. The van der Waals surface area contributed by atoms with Crippen LogP contribution in [-0.4, -0.2) is 37.7 Å². The first-order valence-corrected chi connectivity index (χ1v) is 11.4. The molecule has 4 aromatic rings. The van der Waals surface area contributed by atoms with Crippen molar-refractivity contribution in [3.8, 4) is 16.9 Å². The van der Waals surface area contributed by atoms with E-state index in [1.807, 2.05) is 0 Å². The minimum absolute atomic E-state index is 0.0216. The number of aldehydes is 1. The van der Waals surface area contributed by atoms with Gasteiger partial charge in [-0.1, -0.05) is 0 Å². The van der Waals surface area contributed by atoms with Crippen molar-refractivity contribution in [3.05, 3.63) is 70.3 Å². The highest BCUT2D eigenvalue weighted by atomic mass is 19.4. The molecule has 1 aliphatic rings. The minimum Gasteiger partial charge on any atom is -0.497 e. The van der Waals surface area contributed by atoms with E-state index >= 15 is 0 Å². The van der Waals surface area contributed by atoms with Crippen LogP contribution in [0.1, 0.15) is 47.6 Å². The predicted molar refractivity (Wildman–Crippen MR) is 125 cm³/mol. The van der Waals surface area contributed by atoms with Gasteiger partial charge >= 0.3 is 6.18 Å². The lowest BCUT2D eigenvalue weighted by molar-refractivity contribution is -0.141. The third-order valence-corrected chi connectivity index (χ3v) is 6.35. The maximum atomic E-state index is 13.8. The van der Waals surface area contributed by atoms with Crippen LogP contribution in [0.15, 0.2) is 47.8 Å². The number of benzene rings is 1. The number of halogens is 3. The van der Waals surface area contributed by atoms with E-state index in [0.29, 0.717) is 17.7 Å². The molecule has 3 aromatic heterocycles. The summed E-state index contributed by atoms with van der Waals surface area (Å²) in [6.45, 7) is 1.88. The van der Waals surface area contributed by atoms with Crippen molar-refractivity contribution in [1.29, 1.82) is 0 Å². The molecule has 186 valence electrons. The molecule has 0 spiro atoms. The zero-order chi connectivity index (χ0) is 25.6. The van der Waals surface area contributed by atoms with Crippen molar-refractivity contribution in [2.75, 3.05) is 7.11 Å². The second-order valence-corrected chi connectivity index (χ2v) is 8.69. The van der Waals surface area contributed by atoms with Gasteiger partial charge in [0.05, 0.1) is 36.1 Å². The average molecular weight is 497 g/mol. The third-order valence-electron chi connectivity index (χ3n) is 6.35. The molecule has 1 aromatic carbocycles. The summed E-state index contributed by atoms with van der Waals surface area (Å²) in [5, 5.41) is 3.71. The summed E-state index contributed by atoms with van der Waals surface area (Å²) in [6.07, 6.45) is 1.73. The van der Waals surface area contributed by atoms with Gasteiger partial charge in [-0.3, -0.25) is 23.8 Å². The highest BCUT2D eigenvalue weighted by molar-refractivity contribution is 5.98. The summed E-state index contributed by atoms with van der Waals surface area (Å²) < 4.78 is 49.3. The molecule has 36 heavy (non-hydrogen) atoms. The van der Waals surface area contributed by atoms with Gasteiger partial charge in [0.25, 0.3) is 5.56 Å². The van der Waals surface area contributed by atoms with Crippen LogP contribution in [0, 0.1) is 5.92 Å². The highest BCUT2D eigenvalue weighted by Crippen LogP contribution is 2.43. The topological polar surface area (TPSA) is 91.9 Å².